The summed E-state index contributed by atoms with van der Waals surface area (Å²) in [5.41, 5.74) is 4.44. The van der Waals surface area contributed by atoms with Gasteiger partial charge in [-0.3, -0.25) is 14.5 Å². The lowest BCUT2D eigenvalue weighted by Crippen LogP contribution is -2.23. The molecule has 8 nitrogen and oxygen atoms in total. The lowest BCUT2D eigenvalue weighted by molar-refractivity contribution is -0.137. The van der Waals surface area contributed by atoms with Crippen LogP contribution in [-0.4, -0.2) is 36.1 Å². The maximum atomic E-state index is 13.5. The van der Waals surface area contributed by atoms with E-state index in [0.717, 1.165) is 41.4 Å². The molecule has 4 aromatic rings. The molecule has 0 spiro atoms. The van der Waals surface area contributed by atoms with E-state index in [1.807, 2.05) is 25.1 Å². The molecule has 1 N–H and O–H groups in total. The number of carbonyl (C=O) groups is 1. The summed E-state index contributed by atoms with van der Waals surface area (Å²) in [4.78, 5) is 16.6. The Hall–Kier alpha value is -4.41. The number of carbonyl (C=O) groups excluding carboxylic acids is 1. The number of unbranched alkanes of at least 4 members (excludes halogenated alkanes) is 1. The smallest absolute Gasteiger partial charge is 0.346 e. The Morgan fingerprint density at radius 1 is 1.08 bits per heavy atom. The van der Waals surface area contributed by atoms with Crippen molar-refractivity contribution < 1.29 is 18.0 Å². The predicted octanol–water partition coefficient (Wildman–Crippen LogP) is 4.84. The van der Waals surface area contributed by atoms with E-state index in [1.165, 1.54) is 12.1 Å². The summed E-state index contributed by atoms with van der Waals surface area (Å²) in [5, 5.41) is 19.3. The SMILES string of the molecule is Cc1ccc(CNC(=O)c2cn(CCCCc3cc4c(nn3)CC(c3ccccc3C(F)(F)F)=C4)nn2)cn1. The average molecular weight is 534 g/mol. The Kier molecular flexibility index (Phi) is 7.49. The van der Waals surface area contributed by atoms with E-state index in [1.54, 1.807) is 29.2 Å². The van der Waals surface area contributed by atoms with Gasteiger partial charge in [-0.15, -0.1) is 5.10 Å². The van der Waals surface area contributed by atoms with Crippen molar-refractivity contribution in [3.63, 3.8) is 0 Å². The number of alkyl halides is 3. The maximum Gasteiger partial charge on any atom is 0.416 e. The lowest BCUT2D eigenvalue weighted by Gasteiger charge is -2.13. The van der Waals surface area contributed by atoms with Crippen LogP contribution in [0.1, 0.15) is 62.7 Å². The highest BCUT2D eigenvalue weighted by Gasteiger charge is 2.34. The van der Waals surface area contributed by atoms with E-state index in [2.05, 4.69) is 30.8 Å². The fourth-order valence-corrected chi connectivity index (χ4v) is 4.43. The summed E-state index contributed by atoms with van der Waals surface area (Å²) in [6.07, 6.45) is 3.24. The van der Waals surface area contributed by atoms with Gasteiger partial charge in [-0.2, -0.15) is 23.4 Å². The van der Waals surface area contributed by atoms with E-state index in [9.17, 15) is 18.0 Å². The van der Waals surface area contributed by atoms with E-state index in [4.69, 9.17) is 0 Å². The first kappa shape index (κ1) is 26.2. The number of benzene rings is 1. The van der Waals surface area contributed by atoms with Gasteiger partial charge in [0.1, 0.15) is 0 Å². The lowest BCUT2D eigenvalue weighted by atomic mass is 9.98. The summed E-state index contributed by atoms with van der Waals surface area (Å²) in [5.74, 6) is -0.305. The molecule has 0 atom stereocenters. The molecule has 200 valence electrons. The number of aryl methyl sites for hydroxylation is 3. The number of rotatable bonds is 9. The third kappa shape index (κ3) is 6.36. The molecule has 0 aliphatic heterocycles. The van der Waals surface area contributed by atoms with Crippen LogP contribution in [-0.2, 0) is 32.1 Å². The second kappa shape index (κ2) is 11.1. The third-order valence-electron chi connectivity index (χ3n) is 6.49. The van der Waals surface area contributed by atoms with Crippen LogP contribution in [0.3, 0.4) is 0 Å². The molecule has 1 aliphatic carbocycles. The number of amides is 1. The van der Waals surface area contributed by atoms with Gasteiger partial charge in [0.2, 0.25) is 0 Å². The second-order valence-electron chi connectivity index (χ2n) is 9.44. The summed E-state index contributed by atoms with van der Waals surface area (Å²) in [6, 6.07) is 11.3. The van der Waals surface area contributed by atoms with Crippen molar-refractivity contribution in [1.29, 1.82) is 0 Å². The van der Waals surface area contributed by atoms with Gasteiger partial charge in [0.25, 0.3) is 5.91 Å². The van der Waals surface area contributed by atoms with Crippen LogP contribution in [0.5, 0.6) is 0 Å². The Morgan fingerprint density at radius 3 is 2.72 bits per heavy atom. The van der Waals surface area contributed by atoms with E-state index in [0.29, 0.717) is 37.2 Å². The zero-order valence-corrected chi connectivity index (χ0v) is 21.2. The molecule has 1 aromatic carbocycles. The number of nitrogens with zero attached hydrogens (tertiary/aromatic N) is 6. The minimum Gasteiger partial charge on any atom is -0.346 e. The van der Waals surface area contributed by atoms with Crippen molar-refractivity contribution in [3.8, 4) is 0 Å². The summed E-state index contributed by atoms with van der Waals surface area (Å²) < 4.78 is 42.0. The van der Waals surface area contributed by atoms with Crippen molar-refractivity contribution in [3.05, 3.63) is 99.9 Å². The van der Waals surface area contributed by atoms with Gasteiger partial charge in [-0.1, -0.05) is 29.5 Å². The van der Waals surface area contributed by atoms with Crippen molar-refractivity contribution in [1.82, 2.24) is 35.5 Å². The van der Waals surface area contributed by atoms with Crippen LogP contribution in [0.25, 0.3) is 11.6 Å². The molecule has 1 amide bonds. The van der Waals surface area contributed by atoms with Crippen molar-refractivity contribution in [2.24, 2.45) is 0 Å². The number of fused-ring (bicyclic) bond motifs is 1. The largest absolute Gasteiger partial charge is 0.416 e. The number of nitrogens with one attached hydrogen (secondary N) is 1. The number of halogens is 3. The van der Waals surface area contributed by atoms with Crippen molar-refractivity contribution in [2.75, 3.05) is 0 Å². The van der Waals surface area contributed by atoms with Crippen LogP contribution in [0.15, 0.2) is 54.9 Å². The standard InChI is InChI=1S/C28H26F3N7O/c1-18-9-10-19(15-32-18)16-33-27(39)26-17-38(37-36-26)11-5-4-6-22-13-21-12-20(14-25(21)35-34-22)23-7-2-3-8-24(23)28(29,30)31/h2-3,7-10,12-13,15,17H,4-6,11,14,16H2,1H3,(H,33,39). The first-order valence-electron chi connectivity index (χ1n) is 12.6. The number of allylic oxidation sites excluding steroid dienone is 1. The number of hydrogen-bond acceptors (Lipinski definition) is 6. The predicted molar refractivity (Wildman–Crippen MR) is 138 cm³/mol. The van der Waals surface area contributed by atoms with Crippen molar-refractivity contribution in [2.45, 2.75) is 51.9 Å². The van der Waals surface area contributed by atoms with Crippen molar-refractivity contribution >= 4 is 17.6 Å². The molecule has 0 fully saturated rings. The highest BCUT2D eigenvalue weighted by Crippen LogP contribution is 2.38. The molecule has 0 saturated heterocycles. The Morgan fingerprint density at radius 2 is 1.92 bits per heavy atom. The average Bonchev–Trinajstić information content (AvgIpc) is 3.57. The van der Waals surface area contributed by atoms with Crippen LogP contribution in [0.2, 0.25) is 0 Å². The summed E-state index contributed by atoms with van der Waals surface area (Å²) in [6.45, 7) is 2.84. The van der Waals surface area contributed by atoms with Gasteiger partial charge in [0.05, 0.1) is 23.1 Å². The van der Waals surface area contributed by atoms with E-state index >= 15 is 0 Å². The Balaban J connectivity index is 1.12. The van der Waals surface area contributed by atoms with E-state index < -0.39 is 11.7 Å². The molecule has 3 heterocycles. The molecular formula is C28H26F3N7O. The zero-order valence-electron chi connectivity index (χ0n) is 21.2. The van der Waals surface area contributed by atoms with Crippen LogP contribution in [0.4, 0.5) is 13.2 Å². The van der Waals surface area contributed by atoms with Crippen LogP contribution >= 0.6 is 0 Å². The first-order chi connectivity index (χ1) is 18.8. The normalized spacial score (nSPS) is 12.8. The van der Waals surface area contributed by atoms with Gasteiger partial charge in [0.15, 0.2) is 5.69 Å². The molecule has 3 aromatic heterocycles. The first-order valence-corrected chi connectivity index (χ1v) is 12.6. The molecule has 11 heteroatoms. The molecule has 0 bridgehead atoms. The molecule has 0 unspecified atom stereocenters. The second-order valence-corrected chi connectivity index (χ2v) is 9.44. The molecular weight excluding hydrogens is 507 g/mol. The van der Waals surface area contributed by atoms with E-state index in [-0.39, 0.29) is 17.2 Å². The Labute approximate surface area is 223 Å². The number of hydrogen-bond donors (Lipinski definition) is 1. The topological polar surface area (TPSA) is 98.5 Å². The summed E-state index contributed by atoms with van der Waals surface area (Å²) >= 11 is 0. The summed E-state index contributed by atoms with van der Waals surface area (Å²) in [7, 11) is 0. The minimum atomic E-state index is -4.42. The molecule has 0 saturated carbocycles. The van der Waals surface area contributed by atoms with Gasteiger partial charge in [-0.05, 0) is 67.2 Å². The van der Waals surface area contributed by atoms with Gasteiger partial charge >= 0.3 is 6.18 Å². The zero-order chi connectivity index (χ0) is 27.4. The third-order valence-corrected chi connectivity index (χ3v) is 6.49. The fraction of sp³-hybridized carbons (Fsp3) is 0.286. The quantitative estimate of drug-likeness (QED) is 0.309. The van der Waals surface area contributed by atoms with Crippen LogP contribution in [0, 0.1) is 6.92 Å². The highest BCUT2D eigenvalue weighted by atomic mass is 19.4. The monoisotopic (exact) mass is 533 g/mol. The molecule has 1 aliphatic rings. The van der Waals surface area contributed by atoms with Gasteiger partial charge in [-0.25, -0.2) is 0 Å². The minimum absolute atomic E-state index is 0.178. The highest BCUT2D eigenvalue weighted by molar-refractivity contribution is 5.91. The molecule has 39 heavy (non-hydrogen) atoms. The molecule has 5 rings (SSSR count). The van der Waals surface area contributed by atoms with Crippen LogP contribution < -0.4 is 5.32 Å². The number of pyridine rings is 1. The number of aromatic nitrogens is 6. The maximum absolute atomic E-state index is 13.5. The molecule has 0 radical (unpaired) electrons. The fourth-order valence-electron chi connectivity index (χ4n) is 4.43. The van der Waals surface area contributed by atoms with Gasteiger partial charge < -0.3 is 5.32 Å². The van der Waals surface area contributed by atoms with Gasteiger partial charge in [0, 0.05) is 37.0 Å². The Bertz CT molecular complexity index is 1510.